The van der Waals surface area contributed by atoms with Gasteiger partial charge in [-0.2, -0.15) is 9.61 Å². The number of nitrogens with zero attached hydrogens (tertiary/aromatic N) is 3. The standard InChI is InChI=1S/C16H23N5O/c1-11-8-15(19-13-2-5-17-10-13)21-16(18-11)9-14(20-21)12-3-6-22-7-4-12/h8-9,12-13,17,19H,2-7,10H2,1H3. The summed E-state index contributed by atoms with van der Waals surface area (Å²) in [5, 5.41) is 11.8. The number of aromatic nitrogens is 3. The number of hydrogen-bond acceptors (Lipinski definition) is 5. The van der Waals surface area contributed by atoms with Crippen molar-refractivity contribution in [2.75, 3.05) is 31.6 Å². The van der Waals surface area contributed by atoms with E-state index < -0.39 is 0 Å². The fraction of sp³-hybridized carbons (Fsp3) is 0.625. The monoisotopic (exact) mass is 301 g/mol. The Morgan fingerprint density at radius 3 is 2.91 bits per heavy atom. The normalized spacial score (nSPS) is 23.2. The first kappa shape index (κ1) is 14.0. The molecule has 118 valence electrons. The number of aryl methyl sites for hydroxylation is 1. The maximum Gasteiger partial charge on any atom is 0.157 e. The van der Waals surface area contributed by atoms with Crippen LogP contribution in [0.5, 0.6) is 0 Å². The van der Waals surface area contributed by atoms with Gasteiger partial charge in [-0.05, 0) is 32.7 Å². The lowest BCUT2D eigenvalue weighted by atomic mass is 9.97. The first-order chi connectivity index (χ1) is 10.8. The highest BCUT2D eigenvalue weighted by Crippen LogP contribution is 2.27. The van der Waals surface area contributed by atoms with Crippen LogP contribution in [0.3, 0.4) is 0 Å². The fourth-order valence-electron chi connectivity index (χ4n) is 3.40. The van der Waals surface area contributed by atoms with E-state index in [4.69, 9.17) is 9.84 Å². The maximum absolute atomic E-state index is 5.46. The summed E-state index contributed by atoms with van der Waals surface area (Å²) in [7, 11) is 0. The molecule has 1 unspecified atom stereocenters. The smallest absolute Gasteiger partial charge is 0.157 e. The number of hydrogen-bond donors (Lipinski definition) is 2. The number of rotatable bonds is 3. The molecule has 2 aromatic rings. The van der Waals surface area contributed by atoms with E-state index in [1.54, 1.807) is 0 Å². The number of fused-ring (bicyclic) bond motifs is 1. The minimum Gasteiger partial charge on any atom is -0.381 e. The van der Waals surface area contributed by atoms with Gasteiger partial charge in [-0.3, -0.25) is 0 Å². The van der Waals surface area contributed by atoms with Gasteiger partial charge >= 0.3 is 0 Å². The van der Waals surface area contributed by atoms with Crippen molar-refractivity contribution in [3.8, 4) is 0 Å². The van der Waals surface area contributed by atoms with Crippen LogP contribution in [0.1, 0.15) is 36.6 Å². The van der Waals surface area contributed by atoms with E-state index in [9.17, 15) is 0 Å². The molecule has 2 N–H and O–H groups in total. The van der Waals surface area contributed by atoms with Crippen molar-refractivity contribution in [3.63, 3.8) is 0 Å². The zero-order valence-corrected chi connectivity index (χ0v) is 13.0. The topological polar surface area (TPSA) is 63.5 Å². The Bertz CT molecular complexity index is 656. The van der Waals surface area contributed by atoms with E-state index in [0.29, 0.717) is 12.0 Å². The van der Waals surface area contributed by atoms with Gasteiger partial charge in [-0.1, -0.05) is 0 Å². The Morgan fingerprint density at radius 2 is 2.14 bits per heavy atom. The molecule has 4 heterocycles. The Hall–Kier alpha value is -1.66. The minimum absolute atomic E-state index is 0.473. The first-order valence-corrected chi connectivity index (χ1v) is 8.22. The lowest BCUT2D eigenvalue weighted by Gasteiger charge is -2.19. The molecule has 4 rings (SSSR count). The first-order valence-electron chi connectivity index (χ1n) is 8.22. The second-order valence-corrected chi connectivity index (χ2v) is 6.34. The van der Waals surface area contributed by atoms with E-state index >= 15 is 0 Å². The average Bonchev–Trinajstić information content (AvgIpc) is 3.17. The summed E-state index contributed by atoms with van der Waals surface area (Å²) in [6.45, 7) is 5.81. The summed E-state index contributed by atoms with van der Waals surface area (Å²) in [6.07, 6.45) is 3.26. The van der Waals surface area contributed by atoms with E-state index in [2.05, 4.69) is 27.8 Å². The van der Waals surface area contributed by atoms with Crippen molar-refractivity contribution in [2.45, 2.75) is 38.1 Å². The van der Waals surface area contributed by atoms with Gasteiger partial charge < -0.3 is 15.4 Å². The van der Waals surface area contributed by atoms with Gasteiger partial charge in [-0.15, -0.1) is 0 Å². The molecule has 2 aliphatic rings. The molecule has 0 spiro atoms. The van der Waals surface area contributed by atoms with Crippen LogP contribution in [0.15, 0.2) is 12.1 Å². The number of anilines is 1. The highest BCUT2D eigenvalue weighted by molar-refractivity contribution is 5.51. The summed E-state index contributed by atoms with van der Waals surface area (Å²) >= 11 is 0. The molecule has 0 saturated carbocycles. The van der Waals surface area contributed by atoms with E-state index in [-0.39, 0.29) is 0 Å². The molecule has 2 aromatic heterocycles. The van der Waals surface area contributed by atoms with Gasteiger partial charge in [0.05, 0.1) is 5.69 Å². The molecule has 6 nitrogen and oxygen atoms in total. The lowest BCUT2D eigenvalue weighted by Crippen LogP contribution is -2.23. The van der Waals surface area contributed by atoms with Crippen LogP contribution >= 0.6 is 0 Å². The Morgan fingerprint density at radius 1 is 1.27 bits per heavy atom. The van der Waals surface area contributed by atoms with Crippen LogP contribution in [0.25, 0.3) is 5.65 Å². The fourth-order valence-corrected chi connectivity index (χ4v) is 3.40. The van der Waals surface area contributed by atoms with Gasteiger partial charge in [-0.25, -0.2) is 4.98 Å². The highest BCUT2D eigenvalue weighted by Gasteiger charge is 2.21. The van der Waals surface area contributed by atoms with Crippen molar-refractivity contribution < 1.29 is 4.74 Å². The third kappa shape index (κ3) is 2.68. The van der Waals surface area contributed by atoms with Crippen molar-refractivity contribution in [1.29, 1.82) is 0 Å². The Labute approximate surface area is 130 Å². The third-order valence-corrected chi connectivity index (χ3v) is 4.63. The van der Waals surface area contributed by atoms with Gasteiger partial charge in [0.1, 0.15) is 5.82 Å². The minimum atomic E-state index is 0.473. The molecule has 2 saturated heterocycles. The summed E-state index contributed by atoms with van der Waals surface area (Å²) in [4.78, 5) is 4.64. The molecule has 0 amide bonds. The van der Waals surface area contributed by atoms with Crippen LogP contribution in [0.2, 0.25) is 0 Å². The molecular formula is C16H23N5O. The second kappa shape index (κ2) is 5.85. The Kier molecular flexibility index (Phi) is 3.72. The number of nitrogens with one attached hydrogen (secondary N) is 2. The molecule has 1 atom stereocenters. The van der Waals surface area contributed by atoms with Crippen LogP contribution in [-0.2, 0) is 4.74 Å². The summed E-state index contributed by atoms with van der Waals surface area (Å²) in [5.74, 6) is 1.55. The van der Waals surface area contributed by atoms with Crippen LogP contribution in [-0.4, -0.2) is 46.9 Å². The molecule has 0 radical (unpaired) electrons. The second-order valence-electron chi connectivity index (χ2n) is 6.34. The molecular weight excluding hydrogens is 278 g/mol. The predicted octanol–water partition coefficient (Wildman–Crippen LogP) is 1.71. The summed E-state index contributed by atoms with van der Waals surface area (Å²) in [6, 6.07) is 4.70. The maximum atomic E-state index is 5.46. The van der Waals surface area contributed by atoms with Gasteiger partial charge in [0.25, 0.3) is 0 Å². The third-order valence-electron chi connectivity index (χ3n) is 4.63. The van der Waals surface area contributed by atoms with E-state index in [1.807, 2.05) is 11.4 Å². The van der Waals surface area contributed by atoms with E-state index in [1.165, 1.54) is 0 Å². The van der Waals surface area contributed by atoms with Gasteiger partial charge in [0, 0.05) is 49.5 Å². The van der Waals surface area contributed by atoms with Crippen molar-refractivity contribution in [1.82, 2.24) is 19.9 Å². The number of ether oxygens (including phenoxy) is 1. The van der Waals surface area contributed by atoms with Crippen molar-refractivity contribution >= 4 is 11.5 Å². The van der Waals surface area contributed by atoms with Crippen molar-refractivity contribution in [2.24, 2.45) is 0 Å². The molecule has 0 aliphatic carbocycles. The van der Waals surface area contributed by atoms with E-state index in [0.717, 1.165) is 68.4 Å². The zero-order valence-electron chi connectivity index (χ0n) is 13.0. The van der Waals surface area contributed by atoms with Gasteiger partial charge in [0.2, 0.25) is 0 Å². The summed E-state index contributed by atoms with van der Waals surface area (Å²) in [5.41, 5.74) is 3.11. The largest absolute Gasteiger partial charge is 0.381 e. The molecule has 2 fully saturated rings. The predicted molar refractivity (Wildman–Crippen MR) is 85.4 cm³/mol. The lowest BCUT2D eigenvalue weighted by molar-refractivity contribution is 0.0844. The molecule has 22 heavy (non-hydrogen) atoms. The van der Waals surface area contributed by atoms with Crippen LogP contribution in [0, 0.1) is 6.92 Å². The molecule has 0 bridgehead atoms. The average molecular weight is 301 g/mol. The van der Waals surface area contributed by atoms with Gasteiger partial charge in [0.15, 0.2) is 5.65 Å². The quantitative estimate of drug-likeness (QED) is 0.903. The SMILES string of the molecule is Cc1cc(NC2CCNC2)n2nc(C3CCOCC3)cc2n1. The van der Waals surface area contributed by atoms with Crippen molar-refractivity contribution in [3.05, 3.63) is 23.5 Å². The molecule has 6 heteroatoms. The highest BCUT2D eigenvalue weighted by atomic mass is 16.5. The van der Waals surface area contributed by atoms with Crippen LogP contribution < -0.4 is 10.6 Å². The molecule has 2 aliphatic heterocycles. The molecule has 0 aromatic carbocycles. The summed E-state index contributed by atoms with van der Waals surface area (Å²) < 4.78 is 7.43. The van der Waals surface area contributed by atoms with Crippen LogP contribution in [0.4, 0.5) is 5.82 Å². The zero-order chi connectivity index (χ0) is 14.9. The Balaban J connectivity index is 1.67.